The van der Waals surface area contributed by atoms with E-state index in [-0.39, 0.29) is 22.5 Å². The Morgan fingerprint density at radius 3 is 2.74 bits per heavy atom. The van der Waals surface area contributed by atoms with Gasteiger partial charge < -0.3 is 14.5 Å². The van der Waals surface area contributed by atoms with Gasteiger partial charge in [-0.15, -0.1) is 0 Å². The van der Waals surface area contributed by atoms with Crippen LogP contribution in [-0.2, 0) is 16.7 Å². The number of ether oxygens (including phenoxy) is 1. The van der Waals surface area contributed by atoms with Crippen molar-refractivity contribution in [2.75, 3.05) is 25.0 Å². The van der Waals surface area contributed by atoms with Crippen LogP contribution < -0.4 is 10.1 Å². The fourth-order valence-corrected chi connectivity index (χ4v) is 4.21. The molecular weight excluding hydrogens is 425 g/mol. The van der Waals surface area contributed by atoms with E-state index in [1.165, 1.54) is 24.3 Å². The summed E-state index contributed by atoms with van der Waals surface area (Å²) in [6, 6.07) is 9.48. The molecule has 4 rings (SSSR count). The van der Waals surface area contributed by atoms with Gasteiger partial charge in [0.1, 0.15) is 5.52 Å². The van der Waals surface area contributed by atoms with Gasteiger partial charge in [-0.05, 0) is 55.7 Å². The van der Waals surface area contributed by atoms with Gasteiger partial charge in [-0.3, -0.25) is 9.45 Å². The molecule has 0 aliphatic carbocycles. The molecule has 0 saturated carbocycles. The van der Waals surface area contributed by atoms with E-state index < -0.39 is 10.1 Å². The fourth-order valence-electron chi connectivity index (χ4n) is 3.71. The molecule has 166 valence electrons. The van der Waals surface area contributed by atoms with E-state index in [0.717, 1.165) is 31.5 Å². The smallest absolute Gasteiger partial charge is 0.295 e. The highest BCUT2D eigenvalue weighted by Gasteiger charge is 2.21. The Morgan fingerprint density at radius 2 is 2.03 bits per heavy atom. The lowest BCUT2D eigenvalue weighted by atomic mass is 10.0. The number of hydrogen-bond donors (Lipinski definition) is 2. The lowest BCUT2D eigenvalue weighted by molar-refractivity contribution is 0.210. The summed E-state index contributed by atoms with van der Waals surface area (Å²) in [5.74, 6) is -0.0692. The van der Waals surface area contributed by atoms with Gasteiger partial charge in [0.05, 0.1) is 11.5 Å². The molecular formula is C21H24FN3O5S. The maximum absolute atomic E-state index is 13.7. The Kier molecular flexibility index (Phi) is 6.12. The molecule has 1 fully saturated rings. The summed E-state index contributed by atoms with van der Waals surface area (Å²) in [5.41, 5.74) is 1.80. The summed E-state index contributed by atoms with van der Waals surface area (Å²) in [5, 5.41) is 3.26. The summed E-state index contributed by atoms with van der Waals surface area (Å²) in [6.45, 7) is 4.67. The van der Waals surface area contributed by atoms with Crippen LogP contribution in [0.4, 0.5) is 10.4 Å². The van der Waals surface area contributed by atoms with E-state index in [1.807, 2.05) is 6.92 Å². The van der Waals surface area contributed by atoms with Crippen molar-refractivity contribution >= 4 is 27.2 Å². The van der Waals surface area contributed by atoms with E-state index in [0.29, 0.717) is 30.3 Å². The van der Waals surface area contributed by atoms with Gasteiger partial charge in [0.2, 0.25) is 0 Å². The zero-order chi connectivity index (χ0) is 22.0. The van der Waals surface area contributed by atoms with Crippen LogP contribution in [0.5, 0.6) is 5.75 Å². The van der Waals surface area contributed by atoms with Crippen molar-refractivity contribution in [2.45, 2.75) is 37.2 Å². The van der Waals surface area contributed by atoms with Gasteiger partial charge in [-0.25, -0.2) is 4.39 Å². The highest BCUT2D eigenvalue weighted by atomic mass is 32.2. The van der Waals surface area contributed by atoms with Gasteiger partial charge >= 0.3 is 0 Å². The van der Waals surface area contributed by atoms with Crippen LogP contribution in [0.1, 0.15) is 25.3 Å². The Balaban J connectivity index is 1.34. The van der Waals surface area contributed by atoms with Gasteiger partial charge in [-0.2, -0.15) is 13.4 Å². The van der Waals surface area contributed by atoms with E-state index in [9.17, 15) is 17.4 Å². The van der Waals surface area contributed by atoms with E-state index >= 15 is 0 Å². The largest absolute Gasteiger partial charge is 0.491 e. The number of nitrogens with zero attached hydrogens (tertiary/aromatic N) is 2. The van der Waals surface area contributed by atoms with Crippen molar-refractivity contribution in [3.63, 3.8) is 0 Å². The molecule has 0 atom stereocenters. The number of hydrogen-bond acceptors (Lipinski definition) is 7. The van der Waals surface area contributed by atoms with Crippen LogP contribution in [0, 0.1) is 5.82 Å². The van der Waals surface area contributed by atoms with Gasteiger partial charge in [0, 0.05) is 25.7 Å². The fraction of sp³-hybridized carbons (Fsp3) is 0.381. The van der Waals surface area contributed by atoms with E-state index in [1.54, 1.807) is 12.1 Å². The maximum atomic E-state index is 13.7. The molecule has 3 aromatic rings. The second-order valence-electron chi connectivity index (χ2n) is 7.52. The van der Waals surface area contributed by atoms with Gasteiger partial charge in [0.15, 0.2) is 17.1 Å². The van der Waals surface area contributed by atoms with E-state index in [4.69, 9.17) is 9.15 Å². The lowest BCUT2D eigenvalue weighted by Gasteiger charge is -2.32. The second-order valence-corrected chi connectivity index (χ2v) is 8.94. The molecule has 2 N–H and O–H groups in total. The molecule has 10 heteroatoms. The molecule has 31 heavy (non-hydrogen) atoms. The summed E-state index contributed by atoms with van der Waals surface area (Å²) in [7, 11) is -4.29. The molecule has 0 spiro atoms. The number of benzene rings is 2. The van der Waals surface area contributed by atoms with Crippen molar-refractivity contribution in [1.82, 2.24) is 9.88 Å². The highest BCUT2D eigenvalue weighted by molar-refractivity contribution is 7.85. The maximum Gasteiger partial charge on any atom is 0.295 e. The Labute approximate surface area is 179 Å². The molecule has 1 aromatic heterocycles. The first-order valence-corrected chi connectivity index (χ1v) is 11.5. The molecule has 1 aliphatic heterocycles. The summed E-state index contributed by atoms with van der Waals surface area (Å²) in [4.78, 5) is 6.36. The van der Waals surface area contributed by atoms with E-state index in [2.05, 4.69) is 15.2 Å². The third-order valence-corrected chi connectivity index (χ3v) is 6.12. The summed E-state index contributed by atoms with van der Waals surface area (Å²) < 4.78 is 56.5. The summed E-state index contributed by atoms with van der Waals surface area (Å²) in [6.07, 6.45) is 1.74. The molecule has 1 aliphatic rings. The van der Waals surface area contributed by atoms with Crippen LogP contribution in [-0.4, -0.2) is 48.6 Å². The predicted molar refractivity (Wildman–Crippen MR) is 113 cm³/mol. The van der Waals surface area contributed by atoms with Crippen molar-refractivity contribution in [2.24, 2.45) is 0 Å². The van der Waals surface area contributed by atoms with Crippen LogP contribution in [0.3, 0.4) is 0 Å². The third kappa shape index (κ3) is 5.15. The molecule has 1 saturated heterocycles. The number of oxazole rings is 1. The molecule has 0 amide bonds. The van der Waals surface area contributed by atoms with Crippen molar-refractivity contribution in [1.29, 1.82) is 0 Å². The number of likely N-dealkylation sites (tertiary alicyclic amines) is 1. The number of nitrogens with one attached hydrogen (secondary N) is 1. The standard InChI is InChI=1S/C21H24FN3O5S/c1-2-29-20-11-14(3-5-17(20)22)13-25-9-7-15(8-10-25)23-21-24-18-12-16(31(26,27)28)4-6-19(18)30-21/h3-6,11-12,15H,2,7-10,13H2,1H3,(H,23,24)(H,26,27,28). The van der Waals surface area contributed by atoms with Crippen molar-refractivity contribution in [3.8, 4) is 5.75 Å². The zero-order valence-corrected chi connectivity index (χ0v) is 17.9. The Hall–Kier alpha value is -2.69. The monoisotopic (exact) mass is 449 g/mol. The van der Waals surface area contributed by atoms with Gasteiger partial charge in [-0.1, -0.05) is 6.07 Å². The lowest BCUT2D eigenvalue weighted by Crippen LogP contribution is -2.38. The second kappa shape index (κ2) is 8.81. The first kappa shape index (κ1) is 21.5. The minimum absolute atomic E-state index is 0.164. The molecule has 0 radical (unpaired) electrons. The Bertz CT molecular complexity index is 1170. The number of halogens is 1. The minimum Gasteiger partial charge on any atom is -0.491 e. The number of aromatic nitrogens is 1. The molecule has 0 bridgehead atoms. The van der Waals surface area contributed by atoms with Crippen LogP contribution >= 0.6 is 0 Å². The summed E-state index contributed by atoms with van der Waals surface area (Å²) >= 11 is 0. The SMILES string of the molecule is CCOc1cc(CN2CCC(Nc3nc4cc(S(=O)(=O)O)ccc4o3)CC2)ccc1F. The topological polar surface area (TPSA) is 105 Å². The van der Waals surface area contributed by atoms with Crippen molar-refractivity contribution < 1.29 is 26.5 Å². The number of anilines is 1. The number of piperidine rings is 1. The third-order valence-electron chi connectivity index (χ3n) is 5.27. The average Bonchev–Trinajstić information content (AvgIpc) is 3.13. The zero-order valence-electron chi connectivity index (χ0n) is 17.0. The minimum atomic E-state index is -4.29. The highest BCUT2D eigenvalue weighted by Crippen LogP contribution is 2.25. The molecule has 2 heterocycles. The molecule has 2 aromatic carbocycles. The predicted octanol–water partition coefficient (Wildman–Crippen LogP) is 3.69. The van der Waals surface area contributed by atoms with Crippen LogP contribution in [0.15, 0.2) is 45.7 Å². The molecule has 0 unspecified atom stereocenters. The first-order valence-electron chi connectivity index (χ1n) is 10.1. The number of rotatable bonds is 7. The normalized spacial score (nSPS) is 16.0. The molecule has 8 nitrogen and oxygen atoms in total. The quantitative estimate of drug-likeness (QED) is 0.526. The van der Waals surface area contributed by atoms with Crippen molar-refractivity contribution in [3.05, 3.63) is 47.8 Å². The first-order chi connectivity index (χ1) is 14.8. The number of fused-ring (bicyclic) bond motifs is 1. The van der Waals surface area contributed by atoms with Gasteiger partial charge in [0.25, 0.3) is 16.1 Å². The Morgan fingerprint density at radius 1 is 1.26 bits per heavy atom. The van der Waals surface area contributed by atoms with Crippen LogP contribution in [0.25, 0.3) is 11.1 Å². The van der Waals surface area contributed by atoms with Crippen LogP contribution in [0.2, 0.25) is 0 Å². The average molecular weight is 450 g/mol.